The number of anilines is 2. The van der Waals surface area contributed by atoms with E-state index in [0.29, 0.717) is 23.0 Å². The third-order valence-electron chi connectivity index (χ3n) is 5.76. The van der Waals surface area contributed by atoms with Gasteiger partial charge < -0.3 is 28.7 Å². The number of nitrogens with zero attached hydrogens (tertiary/aromatic N) is 6. The Labute approximate surface area is 218 Å². The van der Waals surface area contributed by atoms with Crippen LogP contribution in [0.5, 0.6) is 23.0 Å². The van der Waals surface area contributed by atoms with Crippen LogP contribution in [0.25, 0.3) is 0 Å². The number of hydrogen-bond acceptors (Lipinski definition) is 8. The largest absolute Gasteiger partial charge is 0.494 e. The molecule has 0 N–H and O–H groups in total. The second-order valence-corrected chi connectivity index (χ2v) is 8.58. The maximum Gasteiger partial charge on any atom is 0.307 e. The number of ether oxygens (including phenoxy) is 4. The summed E-state index contributed by atoms with van der Waals surface area (Å²) in [6, 6.07) is 7.73. The van der Waals surface area contributed by atoms with Crippen LogP contribution in [0.1, 0.15) is 23.9 Å². The summed E-state index contributed by atoms with van der Waals surface area (Å²) in [5.41, 5.74) is 3.45. The van der Waals surface area contributed by atoms with E-state index in [1.807, 2.05) is 74.6 Å². The molecule has 0 bridgehead atoms. The highest BCUT2D eigenvalue weighted by Crippen LogP contribution is 2.38. The standard InChI is InChI=1S/C27H37N6O4/c1-10-25-32(28-17-19-13-21(34-6)26(30(2)3)22(14-19)35-7)11-12-33(25)29-18-20-15-23(36-8)27(31(4)5)24(16-20)37-9/h11-18H,10H2,1-9H3/q+1. The maximum atomic E-state index is 5.58. The van der Waals surface area contributed by atoms with Crippen molar-refractivity contribution in [1.82, 2.24) is 4.68 Å². The van der Waals surface area contributed by atoms with Crippen molar-refractivity contribution < 1.29 is 23.6 Å². The second-order valence-electron chi connectivity index (χ2n) is 8.58. The first kappa shape index (κ1) is 27.4. The average molecular weight is 510 g/mol. The fraction of sp³-hybridized carbons (Fsp3) is 0.370. The van der Waals surface area contributed by atoms with Crippen molar-refractivity contribution in [1.29, 1.82) is 0 Å². The van der Waals surface area contributed by atoms with Crippen molar-refractivity contribution in [3.8, 4) is 23.0 Å². The fourth-order valence-electron chi connectivity index (χ4n) is 4.05. The minimum atomic E-state index is 0.708. The molecule has 10 heteroatoms. The number of methoxy groups -OCH3 is 4. The van der Waals surface area contributed by atoms with E-state index < -0.39 is 0 Å². The highest BCUT2D eigenvalue weighted by atomic mass is 16.5. The van der Waals surface area contributed by atoms with E-state index >= 15 is 0 Å². The molecule has 0 saturated heterocycles. The molecule has 0 aliphatic rings. The summed E-state index contributed by atoms with van der Waals surface area (Å²) in [5.74, 6) is 3.74. The Hall–Kier alpha value is -4.21. The summed E-state index contributed by atoms with van der Waals surface area (Å²) in [5, 5.41) is 9.32. The molecule has 0 aliphatic carbocycles. The summed E-state index contributed by atoms with van der Waals surface area (Å²) < 4.78 is 25.9. The molecule has 37 heavy (non-hydrogen) atoms. The molecule has 0 saturated carbocycles. The summed E-state index contributed by atoms with van der Waals surface area (Å²) in [6.07, 6.45) is 8.00. The minimum Gasteiger partial charge on any atom is -0.494 e. The summed E-state index contributed by atoms with van der Waals surface area (Å²) >= 11 is 0. The normalized spacial score (nSPS) is 11.3. The smallest absolute Gasteiger partial charge is 0.307 e. The molecule has 0 amide bonds. The topological polar surface area (TPSA) is 76.9 Å². The zero-order valence-corrected chi connectivity index (χ0v) is 23.1. The predicted molar refractivity (Wildman–Crippen MR) is 148 cm³/mol. The van der Waals surface area contributed by atoms with Gasteiger partial charge in [-0.2, -0.15) is 0 Å². The number of aromatic nitrogens is 2. The van der Waals surface area contributed by atoms with Crippen LogP contribution in [0, 0.1) is 0 Å². The van der Waals surface area contributed by atoms with Crippen molar-refractivity contribution >= 4 is 23.8 Å². The van der Waals surface area contributed by atoms with Crippen LogP contribution in [-0.2, 0) is 6.42 Å². The lowest BCUT2D eigenvalue weighted by Gasteiger charge is -2.20. The predicted octanol–water partition coefficient (Wildman–Crippen LogP) is 3.27. The van der Waals surface area contributed by atoms with Crippen LogP contribution in [0.3, 0.4) is 0 Å². The first-order chi connectivity index (χ1) is 17.8. The van der Waals surface area contributed by atoms with E-state index in [0.717, 1.165) is 34.7 Å². The number of hydrogen-bond donors (Lipinski definition) is 0. The first-order valence-corrected chi connectivity index (χ1v) is 11.8. The van der Waals surface area contributed by atoms with E-state index in [4.69, 9.17) is 18.9 Å². The molecule has 1 heterocycles. The van der Waals surface area contributed by atoms with Crippen molar-refractivity contribution in [2.45, 2.75) is 13.3 Å². The van der Waals surface area contributed by atoms with Gasteiger partial charge in [-0.3, -0.25) is 0 Å². The van der Waals surface area contributed by atoms with Crippen LogP contribution >= 0.6 is 0 Å². The van der Waals surface area contributed by atoms with E-state index in [2.05, 4.69) is 17.1 Å². The molecule has 1 aromatic heterocycles. The molecule has 10 nitrogen and oxygen atoms in total. The number of imidazole rings is 1. The molecule has 0 atom stereocenters. The lowest BCUT2D eigenvalue weighted by Crippen LogP contribution is -2.31. The van der Waals surface area contributed by atoms with Gasteiger partial charge in [0, 0.05) is 39.3 Å². The van der Waals surface area contributed by atoms with E-state index in [-0.39, 0.29) is 0 Å². The Balaban J connectivity index is 1.93. The van der Waals surface area contributed by atoms with Gasteiger partial charge in [0.05, 0.1) is 47.3 Å². The third-order valence-corrected chi connectivity index (χ3v) is 5.76. The molecule has 2 aromatic carbocycles. The lowest BCUT2D eigenvalue weighted by atomic mass is 10.1. The van der Waals surface area contributed by atoms with Gasteiger partial charge in [-0.15, -0.1) is 9.35 Å². The Morgan fingerprint density at radius 2 is 1.19 bits per heavy atom. The van der Waals surface area contributed by atoms with E-state index in [9.17, 15) is 0 Å². The summed E-state index contributed by atoms with van der Waals surface area (Å²) in [6.45, 7) is 2.06. The highest BCUT2D eigenvalue weighted by molar-refractivity contribution is 5.85. The van der Waals surface area contributed by atoms with E-state index in [1.54, 1.807) is 50.2 Å². The molecule has 0 spiro atoms. The van der Waals surface area contributed by atoms with Crippen LogP contribution in [-0.4, -0.2) is 73.7 Å². The van der Waals surface area contributed by atoms with Crippen molar-refractivity contribution in [2.75, 3.05) is 66.4 Å². The Morgan fingerprint density at radius 3 is 1.57 bits per heavy atom. The molecular weight excluding hydrogens is 472 g/mol. The molecule has 0 radical (unpaired) electrons. The molecule has 3 aromatic rings. The van der Waals surface area contributed by atoms with Gasteiger partial charge in [-0.05, 0) is 24.3 Å². The highest BCUT2D eigenvalue weighted by Gasteiger charge is 2.18. The monoisotopic (exact) mass is 509 g/mol. The zero-order valence-electron chi connectivity index (χ0n) is 23.1. The van der Waals surface area contributed by atoms with Gasteiger partial charge in [0.25, 0.3) is 0 Å². The van der Waals surface area contributed by atoms with Gasteiger partial charge in [-0.25, -0.2) is 0 Å². The van der Waals surface area contributed by atoms with Gasteiger partial charge in [0.2, 0.25) is 0 Å². The molecule has 0 aliphatic heterocycles. The molecule has 198 valence electrons. The van der Waals surface area contributed by atoms with E-state index in [1.165, 1.54) is 0 Å². The van der Waals surface area contributed by atoms with Gasteiger partial charge >= 0.3 is 5.82 Å². The molecule has 3 rings (SSSR count). The van der Waals surface area contributed by atoms with Crippen LogP contribution < -0.4 is 33.4 Å². The van der Waals surface area contributed by atoms with Crippen molar-refractivity contribution in [3.63, 3.8) is 0 Å². The van der Waals surface area contributed by atoms with Gasteiger partial charge in [0.1, 0.15) is 34.4 Å². The van der Waals surface area contributed by atoms with Gasteiger partial charge in [0.15, 0.2) is 12.4 Å². The lowest BCUT2D eigenvalue weighted by molar-refractivity contribution is -0.685. The van der Waals surface area contributed by atoms with Crippen molar-refractivity contribution in [3.05, 3.63) is 53.6 Å². The second kappa shape index (κ2) is 12.2. The number of rotatable bonds is 11. The first-order valence-electron chi connectivity index (χ1n) is 11.8. The quantitative estimate of drug-likeness (QED) is 0.292. The minimum absolute atomic E-state index is 0.708. The van der Waals surface area contributed by atoms with Crippen LogP contribution in [0.2, 0.25) is 0 Å². The fourth-order valence-corrected chi connectivity index (χ4v) is 4.05. The molecule has 0 fully saturated rings. The summed E-state index contributed by atoms with van der Waals surface area (Å²) in [7, 11) is 14.4. The molecule has 0 unspecified atom stereocenters. The Bertz CT molecular complexity index is 1130. The maximum absolute atomic E-state index is 5.58. The van der Waals surface area contributed by atoms with Crippen LogP contribution in [0.4, 0.5) is 11.4 Å². The number of benzene rings is 2. The molecular formula is C27H37N6O4+. The Morgan fingerprint density at radius 1 is 0.757 bits per heavy atom. The third kappa shape index (κ3) is 5.96. The average Bonchev–Trinajstić information content (AvgIpc) is 3.30. The summed E-state index contributed by atoms with van der Waals surface area (Å²) in [4.78, 5) is 3.92. The van der Waals surface area contributed by atoms with Crippen LogP contribution in [0.15, 0.2) is 46.9 Å². The SMILES string of the molecule is CCc1n(N=Cc2cc(OC)c(N(C)C)c(OC)c2)cc[n+]1N=Cc1cc(OC)c(N(C)C)c(OC)c1. The zero-order chi connectivity index (χ0) is 27.1. The van der Waals surface area contributed by atoms with Gasteiger partial charge in [-0.1, -0.05) is 17.1 Å². The Kier molecular flexibility index (Phi) is 9.00. The van der Waals surface area contributed by atoms with Crippen molar-refractivity contribution in [2.24, 2.45) is 10.2 Å².